The molecule has 0 rings (SSSR count). The van der Waals surface area contributed by atoms with Crippen LogP contribution in [0.25, 0.3) is 0 Å². The zero-order valence-electron chi connectivity index (χ0n) is 5.37. The molecule has 54 valence electrons. The molecule has 0 aromatic rings. The molecule has 0 radical (unpaired) electrons. The molecule has 0 saturated carbocycles. The van der Waals surface area contributed by atoms with Crippen LogP contribution in [0.5, 0.6) is 0 Å². The van der Waals surface area contributed by atoms with E-state index in [4.69, 9.17) is 34.8 Å². The monoisotopic (exact) mass is 186 g/mol. The van der Waals surface area contributed by atoms with Crippen molar-refractivity contribution in [1.82, 2.24) is 0 Å². The fourth-order valence-corrected chi connectivity index (χ4v) is 0.789. The predicted molar refractivity (Wildman–Crippen MR) is 44.6 cm³/mol. The van der Waals surface area contributed by atoms with Gasteiger partial charge in [0.25, 0.3) is 0 Å². The molecule has 0 aromatic carbocycles. The number of rotatable bonds is 2. The van der Waals surface area contributed by atoms with Crippen molar-refractivity contribution in [1.29, 1.82) is 0 Å². The number of allylic oxidation sites excluding steroid dienone is 2. The Morgan fingerprint density at radius 3 is 1.78 bits per heavy atom. The Balaban J connectivity index is 3.76. The molecule has 0 bridgehead atoms. The van der Waals surface area contributed by atoms with Gasteiger partial charge >= 0.3 is 0 Å². The highest BCUT2D eigenvalue weighted by Crippen LogP contribution is 2.16. The summed E-state index contributed by atoms with van der Waals surface area (Å²) in [7, 11) is 0. The highest BCUT2D eigenvalue weighted by atomic mass is 35.5. The maximum absolute atomic E-state index is 5.67. The molecular weight excluding hydrogens is 178 g/mol. The summed E-state index contributed by atoms with van der Waals surface area (Å²) in [5.74, 6) is 0. The molecule has 1 atom stereocenters. The lowest BCUT2D eigenvalue weighted by molar-refractivity contribution is 1.13. The first-order chi connectivity index (χ1) is 4.04. The van der Waals surface area contributed by atoms with E-state index in [9.17, 15) is 0 Å². The first kappa shape index (κ1) is 9.61. The molecule has 0 aliphatic rings. The van der Waals surface area contributed by atoms with Crippen molar-refractivity contribution >= 4 is 34.8 Å². The molecule has 0 N–H and O–H groups in total. The highest BCUT2D eigenvalue weighted by molar-refractivity contribution is 6.48. The zero-order chi connectivity index (χ0) is 7.44. The molecule has 0 saturated heterocycles. The van der Waals surface area contributed by atoms with Gasteiger partial charge in [-0.1, -0.05) is 11.6 Å². The quantitative estimate of drug-likeness (QED) is 0.459. The summed E-state index contributed by atoms with van der Waals surface area (Å²) in [6, 6.07) is 0. The Labute approximate surface area is 70.8 Å². The summed E-state index contributed by atoms with van der Waals surface area (Å²) < 4.78 is 0. The van der Waals surface area contributed by atoms with Crippen LogP contribution in [0.3, 0.4) is 0 Å². The average Bonchev–Trinajstić information content (AvgIpc) is 1.63. The van der Waals surface area contributed by atoms with E-state index in [2.05, 4.69) is 0 Å². The van der Waals surface area contributed by atoms with Gasteiger partial charge in [0.1, 0.15) is 4.84 Å². The predicted octanol–water partition coefficient (Wildman–Crippen LogP) is 3.36. The van der Waals surface area contributed by atoms with Crippen LogP contribution in [0.15, 0.2) is 11.6 Å². The number of alkyl halides is 3. The van der Waals surface area contributed by atoms with Crippen molar-refractivity contribution in [2.45, 2.75) is 24.1 Å². The van der Waals surface area contributed by atoms with Gasteiger partial charge in [-0.25, -0.2) is 0 Å². The van der Waals surface area contributed by atoms with Crippen LogP contribution in [0.2, 0.25) is 0 Å². The number of halogens is 3. The Bertz CT molecular complexity index is 103. The zero-order valence-corrected chi connectivity index (χ0v) is 7.63. The summed E-state index contributed by atoms with van der Waals surface area (Å²) >= 11 is 16.6. The van der Waals surface area contributed by atoms with Crippen LogP contribution in [0, 0.1) is 0 Å². The van der Waals surface area contributed by atoms with Crippen molar-refractivity contribution in [2.75, 3.05) is 0 Å². The summed E-state index contributed by atoms with van der Waals surface area (Å²) in [5, 5.41) is -0.265. The minimum absolute atomic E-state index is 0.265. The van der Waals surface area contributed by atoms with Gasteiger partial charge in [-0.3, -0.25) is 0 Å². The van der Waals surface area contributed by atoms with E-state index in [0.717, 1.165) is 5.57 Å². The van der Waals surface area contributed by atoms with Crippen LogP contribution >= 0.6 is 34.8 Å². The van der Waals surface area contributed by atoms with E-state index in [0.29, 0.717) is 0 Å². The van der Waals surface area contributed by atoms with Gasteiger partial charge < -0.3 is 0 Å². The van der Waals surface area contributed by atoms with Crippen molar-refractivity contribution in [3.8, 4) is 0 Å². The molecular formula is C6H9Cl3. The summed E-state index contributed by atoms with van der Waals surface area (Å²) in [6.45, 7) is 3.90. The van der Waals surface area contributed by atoms with Crippen molar-refractivity contribution < 1.29 is 0 Å². The van der Waals surface area contributed by atoms with E-state index in [-0.39, 0.29) is 5.38 Å². The molecule has 0 spiro atoms. The third kappa shape index (κ3) is 5.07. The lowest BCUT2D eigenvalue weighted by Crippen LogP contribution is -2.04. The summed E-state index contributed by atoms with van der Waals surface area (Å²) in [4.78, 5) is -0.512. The largest absolute Gasteiger partial charge is 0.127 e. The second-order valence-corrected chi connectivity index (χ2v) is 3.69. The lowest BCUT2D eigenvalue weighted by Gasteiger charge is -2.03. The first-order valence-electron chi connectivity index (χ1n) is 2.61. The van der Waals surface area contributed by atoms with E-state index in [1.54, 1.807) is 0 Å². The van der Waals surface area contributed by atoms with Crippen LogP contribution in [-0.4, -0.2) is 10.2 Å². The first-order valence-corrected chi connectivity index (χ1v) is 3.92. The Hall–Kier alpha value is 0.610. The minimum atomic E-state index is -0.512. The molecule has 9 heavy (non-hydrogen) atoms. The molecule has 0 aliphatic carbocycles. The normalized spacial score (nSPS) is 13.6. The fourth-order valence-electron chi connectivity index (χ4n) is 0.391. The van der Waals surface area contributed by atoms with Gasteiger partial charge in [0, 0.05) is 0 Å². The average molecular weight is 187 g/mol. The molecule has 0 aromatic heterocycles. The standard InChI is InChI=1S/C6H9Cl3/c1-4(2)3-5(7)6(8)9/h3,5-6H,1-2H3. The molecule has 1 unspecified atom stereocenters. The second-order valence-electron chi connectivity index (χ2n) is 2.02. The Kier molecular flexibility index (Phi) is 4.73. The van der Waals surface area contributed by atoms with Gasteiger partial charge in [-0.15, -0.1) is 34.8 Å². The van der Waals surface area contributed by atoms with Crippen molar-refractivity contribution in [3.05, 3.63) is 11.6 Å². The molecule has 0 aliphatic heterocycles. The second kappa shape index (κ2) is 4.43. The molecule has 0 amide bonds. The smallest absolute Gasteiger partial charge is 0.115 e. The van der Waals surface area contributed by atoms with Crippen molar-refractivity contribution in [3.63, 3.8) is 0 Å². The fraction of sp³-hybridized carbons (Fsp3) is 0.667. The molecule has 0 heterocycles. The van der Waals surface area contributed by atoms with Crippen LogP contribution in [-0.2, 0) is 0 Å². The van der Waals surface area contributed by atoms with E-state index in [1.165, 1.54) is 0 Å². The third-order valence-electron chi connectivity index (χ3n) is 0.733. The van der Waals surface area contributed by atoms with Gasteiger partial charge in [0.2, 0.25) is 0 Å². The Morgan fingerprint density at radius 1 is 1.22 bits per heavy atom. The van der Waals surface area contributed by atoms with Gasteiger partial charge in [0.05, 0.1) is 5.38 Å². The maximum Gasteiger partial charge on any atom is 0.127 e. The molecule has 0 fully saturated rings. The number of hydrogen-bond acceptors (Lipinski definition) is 0. The van der Waals surface area contributed by atoms with Gasteiger partial charge in [-0.05, 0) is 13.8 Å². The summed E-state index contributed by atoms with van der Waals surface area (Å²) in [5.41, 5.74) is 1.13. The van der Waals surface area contributed by atoms with Crippen LogP contribution < -0.4 is 0 Å². The summed E-state index contributed by atoms with van der Waals surface area (Å²) in [6.07, 6.45) is 1.83. The number of hydrogen-bond donors (Lipinski definition) is 0. The van der Waals surface area contributed by atoms with Crippen LogP contribution in [0.1, 0.15) is 13.8 Å². The molecule has 0 nitrogen and oxygen atoms in total. The minimum Gasteiger partial charge on any atom is -0.115 e. The lowest BCUT2D eigenvalue weighted by atomic mass is 10.3. The highest BCUT2D eigenvalue weighted by Gasteiger charge is 2.08. The third-order valence-corrected chi connectivity index (χ3v) is 1.91. The Morgan fingerprint density at radius 2 is 1.67 bits per heavy atom. The SMILES string of the molecule is CC(C)=CC(Cl)C(Cl)Cl. The molecule has 3 heteroatoms. The van der Waals surface area contributed by atoms with E-state index < -0.39 is 4.84 Å². The van der Waals surface area contributed by atoms with E-state index >= 15 is 0 Å². The van der Waals surface area contributed by atoms with Crippen LogP contribution in [0.4, 0.5) is 0 Å². The van der Waals surface area contributed by atoms with Gasteiger partial charge in [-0.2, -0.15) is 0 Å². The topological polar surface area (TPSA) is 0 Å². The van der Waals surface area contributed by atoms with Crippen molar-refractivity contribution in [2.24, 2.45) is 0 Å². The van der Waals surface area contributed by atoms with Gasteiger partial charge in [0.15, 0.2) is 0 Å². The maximum atomic E-state index is 5.67. The van der Waals surface area contributed by atoms with E-state index in [1.807, 2.05) is 19.9 Å².